The number of sulfone groups is 1. The Labute approximate surface area is 114 Å². The second kappa shape index (κ2) is 4.42. The molecule has 8 heteroatoms. The zero-order chi connectivity index (χ0) is 12.6. The van der Waals surface area contributed by atoms with Crippen LogP contribution in [-0.2, 0) is 9.84 Å². The fourth-order valence-electron chi connectivity index (χ4n) is 1.21. The van der Waals surface area contributed by atoms with Gasteiger partial charge in [-0.2, -0.15) is 0 Å². The number of hydrogen-bond acceptors (Lipinski definition) is 5. The molecule has 1 aromatic heterocycles. The number of benzene rings is 1. The Balaban J connectivity index is 2.61. The van der Waals surface area contributed by atoms with Crippen molar-refractivity contribution in [2.75, 3.05) is 0 Å². The molecule has 0 radical (unpaired) electrons. The molecule has 5 nitrogen and oxygen atoms in total. The topological polar surface area (TPSA) is 87.2 Å². The minimum Gasteiger partial charge on any atom is -0.493 e. The van der Waals surface area contributed by atoms with Gasteiger partial charge in [-0.25, -0.2) is 8.42 Å². The molecule has 0 aliphatic heterocycles. The van der Waals surface area contributed by atoms with Crippen LogP contribution in [0.15, 0.2) is 38.2 Å². The van der Waals surface area contributed by atoms with Crippen LogP contribution in [0.2, 0.25) is 0 Å². The summed E-state index contributed by atoms with van der Waals surface area (Å²) in [6.07, 6.45) is 0. The predicted molar refractivity (Wildman–Crippen MR) is 71.2 cm³/mol. The van der Waals surface area contributed by atoms with E-state index in [1.54, 1.807) is 12.1 Å². The van der Waals surface area contributed by atoms with Crippen LogP contribution in [0.1, 0.15) is 0 Å². The molecule has 0 atom stereocenters. The second-order valence-electron chi connectivity index (χ2n) is 3.11. The van der Waals surface area contributed by atoms with Crippen LogP contribution < -0.4 is 4.87 Å². The molecule has 2 N–H and O–H groups in total. The van der Waals surface area contributed by atoms with Crippen molar-refractivity contribution in [2.24, 2.45) is 0 Å². The van der Waals surface area contributed by atoms with Crippen LogP contribution in [0.5, 0.6) is 5.88 Å². The van der Waals surface area contributed by atoms with Crippen molar-refractivity contribution in [1.29, 1.82) is 0 Å². The summed E-state index contributed by atoms with van der Waals surface area (Å²) in [4.78, 5) is 12.5. The van der Waals surface area contributed by atoms with E-state index in [0.29, 0.717) is 11.3 Å². The average molecular weight is 383 g/mol. The van der Waals surface area contributed by atoms with E-state index in [-0.39, 0.29) is 9.10 Å². The molecule has 0 saturated heterocycles. The highest BCUT2D eigenvalue weighted by atomic mass is 127. The van der Waals surface area contributed by atoms with Gasteiger partial charge in [0.2, 0.25) is 15.7 Å². The van der Waals surface area contributed by atoms with E-state index in [1.807, 2.05) is 4.98 Å². The maximum Gasteiger partial charge on any atom is 0.308 e. The molecule has 0 aliphatic rings. The summed E-state index contributed by atoms with van der Waals surface area (Å²) in [5.41, 5.74) is 0. The zero-order valence-corrected chi connectivity index (χ0v) is 12.0. The first-order valence-corrected chi connectivity index (χ1v) is 7.72. The summed E-state index contributed by atoms with van der Waals surface area (Å²) < 4.78 is 24.7. The van der Waals surface area contributed by atoms with Gasteiger partial charge in [0.05, 0.1) is 4.90 Å². The lowest BCUT2D eigenvalue weighted by atomic mass is 10.4. The summed E-state index contributed by atoms with van der Waals surface area (Å²) in [5.74, 6) is -0.612. The first kappa shape index (κ1) is 12.6. The van der Waals surface area contributed by atoms with Crippen molar-refractivity contribution < 1.29 is 13.5 Å². The van der Waals surface area contributed by atoms with Gasteiger partial charge < -0.3 is 5.11 Å². The number of nitrogens with one attached hydrogen (secondary N) is 1. The zero-order valence-electron chi connectivity index (χ0n) is 8.18. The van der Waals surface area contributed by atoms with E-state index in [4.69, 9.17) is 0 Å². The standard InChI is InChI=1S/C9H6INO4S2/c10-5-1-3-6(4-2-5)17(14,15)8-7(12)11-9(13)16-8/h1-4,12H,(H,11,13). The number of hydrogen-bond donors (Lipinski definition) is 2. The van der Waals surface area contributed by atoms with Gasteiger partial charge in [-0.1, -0.05) is 11.3 Å². The number of H-pyrrole nitrogens is 1. The highest BCUT2D eigenvalue weighted by molar-refractivity contribution is 14.1. The largest absolute Gasteiger partial charge is 0.493 e. The number of halogens is 1. The first-order valence-electron chi connectivity index (χ1n) is 4.34. The van der Waals surface area contributed by atoms with Crippen LogP contribution in [0.4, 0.5) is 0 Å². The highest BCUT2D eigenvalue weighted by Gasteiger charge is 2.24. The fraction of sp³-hybridized carbons (Fsp3) is 0. The normalized spacial score (nSPS) is 11.6. The summed E-state index contributed by atoms with van der Waals surface area (Å²) in [7, 11) is -3.83. The van der Waals surface area contributed by atoms with Crippen LogP contribution >= 0.6 is 33.9 Å². The van der Waals surface area contributed by atoms with Crippen molar-refractivity contribution in [3.63, 3.8) is 0 Å². The van der Waals surface area contributed by atoms with Crippen molar-refractivity contribution >= 4 is 43.8 Å². The Bertz CT molecular complexity index is 699. The van der Waals surface area contributed by atoms with Gasteiger partial charge in [0, 0.05) is 3.57 Å². The molecule has 1 aromatic carbocycles. The van der Waals surface area contributed by atoms with Gasteiger partial charge in [0.15, 0.2) is 4.21 Å². The highest BCUT2D eigenvalue weighted by Crippen LogP contribution is 2.29. The maximum atomic E-state index is 12.1. The molecule has 2 rings (SSSR count). The molecule has 0 aliphatic carbocycles. The van der Waals surface area contributed by atoms with Crippen LogP contribution in [0.25, 0.3) is 0 Å². The molecule has 0 amide bonds. The second-order valence-corrected chi connectivity index (χ2v) is 7.48. The van der Waals surface area contributed by atoms with Gasteiger partial charge in [-0.15, -0.1) is 0 Å². The minimum absolute atomic E-state index is 0.0449. The molecule has 2 aromatic rings. The molecular weight excluding hydrogens is 377 g/mol. The van der Waals surface area contributed by atoms with Gasteiger partial charge >= 0.3 is 4.87 Å². The molecule has 0 fully saturated rings. The van der Waals surface area contributed by atoms with Gasteiger partial charge in [-0.3, -0.25) is 9.78 Å². The Morgan fingerprint density at radius 2 is 1.82 bits per heavy atom. The van der Waals surface area contributed by atoms with E-state index in [2.05, 4.69) is 22.6 Å². The van der Waals surface area contributed by atoms with Gasteiger partial charge in [0.25, 0.3) is 0 Å². The molecule has 17 heavy (non-hydrogen) atoms. The lowest BCUT2D eigenvalue weighted by Gasteiger charge is -2.01. The average Bonchev–Trinajstić information content (AvgIpc) is 2.59. The number of rotatable bonds is 2. The molecule has 0 bridgehead atoms. The van der Waals surface area contributed by atoms with Gasteiger partial charge in [0.1, 0.15) is 0 Å². The summed E-state index contributed by atoms with van der Waals surface area (Å²) >= 11 is 2.52. The third kappa shape index (κ3) is 2.38. The fourth-order valence-corrected chi connectivity index (χ4v) is 4.00. The van der Waals surface area contributed by atoms with E-state index in [1.165, 1.54) is 12.1 Å². The van der Waals surface area contributed by atoms with E-state index in [0.717, 1.165) is 3.57 Å². The monoisotopic (exact) mass is 383 g/mol. The summed E-state index contributed by atoms with van der Waals surface area (Å²) in [6, 6.07) is 6.14. The third-order valence-corrected chi connectivity index (χ3v) is 5.84. The number of aromatic hydroxyl groups is 1. The van der Waals surface area contributed by atoms with Crippen molar-refractivity contribution in [2.45, 2.75) is 9.10 Å². The van der Waals surface area contributed by atoms with Crippen LogP contribution in [0.3, 0.4) is 0 Å². The molecule has 0 unspecified atom stereocenters. The van der Waals surface area contributed by atoms with Crippen molar-refractivity contribution in [3.8, 4) is 5.88 Å². The SMILES string of the molecule is O=c1[nH]c(O)c(S(=O)(=O)c2ccc(I)cc2)s1. The Kier molecular flexibility index (Phi) is 3.27. The third-order valence-electron chi connectivity index (χ3n) is 1.97. The number of thiazole rings is 1. The molecular formula is C9H6INO4S2. The number of aromatic amines is 1. The quantitative estimate of drug-likeness (QED) is 0.771. The lowest BCUT2D eigenvalue weighted by Crippen LogP contribution is -2.00. The first-order chi connectivity index (χ1) is 7.91. The summed E-state index contributed by atoms with van der Waals surface area (Å²) in [5, 5.41) is 9.36. The van der Waals surface area contributed by atoms with Crippen LogP contribution in [-0.4, -0.2) is 18.5 Å². The molecule has 1 heterocycles. The van der Waals surface area contributed by atoms with E-state index in [9.17, 15) is 18.3 Å². The number of aromatic nitrogens is 1. The van der Waals surface area contributed by atoms with Crippen molar-refractivity contribution in [1.82, 2.24) is 4.98 Å². The van der Waals surface area contributed by atoms with E-state index < -0.39 is 20.6 Å². The molecule has 90 valence electrons. The Morgan fingerprint density at radius 3 is 2.29 bits per heavy atom. The molecule has 0 saturated carbocycles. The van der Waals surface area contributed by atoms with Gasteiger partial charge in [-0.05, 0) is 46.9 Å². The maximum absolute atomic E-state index is 12.1. The van der Waals surface area contributed by atoms with Crippen molar-refractivity contribution in [3.05, 3.63) is 37.5 Å². The minimum atomic E-state index is -3.83. The lowest BCUT2D eigenvalue weighted by molar-refractivity contribution is 0.442. The Hall–Kier alpha value is -0.870. The smallest absolute Gasteiger partial charge is 0.308 e. The van der Waals surface area contributed by atoms with Crippen LogP contribution in [0, 0.1) is 3.57 Å². The summed E-state index contributed by atoms with van der Waals surface area (Å²) in [6.45, 7) is 0. The molecule has 0 spiro atoms. The predicted octanol–water partition coefficient (Wildman–Crippen LogP) is 1.58. The Morgan fingerprint density at radius 1 is 1.24 bits per heavy atom. The van der Waals surface area contributed by atoms with E-state index >= 15 is 0 Å².